The molecule has 11 atom stereocenters. The Bertz CT molecular complexity index is 2050. The molecule has 0 spiro atoms. The van der Waals surface area contributed by atoms with Crippen molar-refractivity contribution in [3.63, 3.8) is 0 Å². The number of carboxylic acid groups (broad SMARTS) is 2. The van der Waals surface area contributed by atoms with Crippen molar-refractivity contribution < 1.29 is 82.8 Å². The van der Waals surface area contributed by atoms with Crippen molar-refractivity contribution in [2.75, 3.05) is 6.54 Å². The van der Waals surface area contributed by atoms with Crippen molar-refractivity contribution in [1.82, 2.24) is 47.9 Å². The van der Waals surface area contributed by atoms with Gasteiger partial charge in [-0.2, -0.15) is 0 Å². The number of carbonyl (C=O) groups excluding carboxylic acids is 11. The fraction of sp³-hybridized carbons (Fsp3) is 0.723. The fourth-order valence-corrected chi connectivity index (χ4v) is 7.29. The van der Waals surface area contributed by atoms with Crippen LogP contribution in [0.4, 0.5) is 0 Å². The van der Waals surface area contributed by atoms with E-state index < -0.39 is 188 Å². The minimum absolute atomic E-state index is 0.0252. The van der Waals surface area contributed by atoms with Gasteiger partial charge in [-0.15, -0.1) is 0 Å². The summed E-state index contributed by atoms with van der Waals surface area (Å²) in [6.07, 6.45) is -6.38. The number of aliphatic carboxylic acids is 2. The molecule has 0 aliphatic rings. The number of hydrogen-bond donors (Lipinski definition) is 16. The van der Waals surface area contributed by atoms with Gasteiger partial charge in [0, 0.05) is 12.8 Å². The van der Waals surface area contributed by atoms with Crippen LogP contribution in [0.5, 0.6) is 0 Å². The highest BCUT2D eigenvalue weighted by molar-refractivity contribution is 5.99. The van der Waals surface area contributed by atoms with E-state index in [2.05, 4.69) is 42.5 Å². The summed E-state index contributed by atoms with van der Waals surface area (Å²) in [5.74, 6) is -15.5. The molecule has 0 aliphatic heterocycles. The summed E-state index contributed by atoms with van der Waals surface area (Å²) in [7, 11) is 0. The Morgan fingerprint density at radius 3 is 1.05 bits per heavy atom. The summed E-state index contributed by atoms with van der Waals surface area (Å²) >= 11 is 0. The van der Waals surface area contributed by atoms with E-state index in [4.69, 9.17) is 17.2 Å². The molecule has 432 valence electrons. The number of rotatable bonds is 36. The Kier molecular flexibility index (Phi) is 30.7. The molecule has 0 aliphatic carbocycles. The van der Waals surface area contributed by atoms with Crippen LogP contribution in [-0.2, 0) is 62.3 Å². The molecular weight excluding hydrogens is 1000 g/mol. The Labute approximate surface area is 441 Å². The molecule has 0 aromatic carbocycles. The third-order valence-corrected chi connectivity index (χ3v) is 11.2. The average Bonchev–Trinajstić information content (AvgIpc) is 3.28. The predicted octanol–water partition coefficient (Wildman–Crippen LogP) is -5.05. The summed E-state index contributed by atoms with van der Waals surface area (Å²) < 4.78 is 0. The lowest BCUT2D eigenvalue weighted by molar-refractivity contribution is -0.145. The summed E-state index contributed by atoms with van der Waals surface area (Å²) in [5.41, 5.74) is 16.0. The molecule has 0 heterocycles. The molecule has 0 bridgehead atoms. The fourth-order valence-electron chi connectivity index (χ4n) is 7.29. The maximum atomic E-state index is 14.2. The number of aliphatic hydroxyl groups is 2. The summed E-state index contributed by atoms with van der Waals surface area (Å²) in [5, 5.41) is 60.3. The van der Waals surface area contributed by atoms with E-state index in [-0.39, 0.29) is 37.0 Å². The Balaban J connectivity index is 6.86. The molecule has 19 N–H and O–H groups in total. The number of hydrogen-bond acceptors (Lipinski definition) is 16. The molecule has 29 heteroatoms. The number of nitrogens with two attached hydrogens (primary N) is 3. The monoisotopic (exact) mass is 1090 g/mol. The zero-order valence-electron chi connectivity index (χ0n) is 44.9. The quantitative estimate of drug-likeness (QED) is 0.0279. The van der Waals surface area contributed by atoms with E-state index >= 15 is 0 Å². The molecule has 0 saturated carbocycles. The highest BCUT2D eigenvalue weighted by Crippen LogP contribution is 2.14. The van der Waals surface area contributed by atoms with Crippen molar-refractivity contribution in [2.45, 2.75) is 187 Å². The first-order valence-electron chi connectivity index (χ1n) is 24.9. The van der Waals surface area contributed by atoms with Crippen LogP contribution in [0.15, 0.2) is 0 Å². The number of primary amides is 2. The zero-order valence-corrected chi connectivity index (χ0v) is 44.9. The topological polar surface area (TPSA) is 489 Å². The molecule has 11 amide bonds. The minimum atomic E-state index is -1.90. The molecule has 29 nitrogen and oxygen atoms in total. The summed E-state index contributed by atoms with van der Waals surface area (Å²) in [4.78, 5) is 169. The summed E-state index contributed by atoms with van der Waals surface area (Å²) in [6, 6.07) is -14.2. The van der Waals surface area contributed by atoms with Crippen LogP contribution >= 0.6 is 0 Å². The van der Waals surface area contributed by atoms with Crippen molar-refractivity contribution in [3.8, 4) is 0 Å². The molecular formula is C47H82N12O17. The minimum Gasteiger partial charge on any atom is -0.481 e. The van der Waals surface area contributed by atoms with Crippen LogP contribution in [0.2, 0.25) is 0 Å². The van der Waals surface area contributed by atoms with Gasteiger partial charge < -0.3 is 85.5 Å². The highest BCUT2D eigenvalue weighted by Gasteiger charge is 2.37. The largest absolute Gasteiger partial charge is 0.481 e. The van der Waals surface area contributed by atoms with Gasteiger partial charge in [0.05, 0.1) is 25.2 Å². The molecule has 0 aromatic heterocycles. The van der Waals surface area contributed by atoms with Crippen LogP contribution in [0.1, 0.15) is 121 Å². The van der Waals surface area contributed by atoms with Gasteiger partial charge in [-0.05, 0) is 69.6 Å². The zero-order chi connectivity index (χ0) is 58.9. The first-order valence-corrected chi connectivity index (χ1v) is 24.9. The first-order chi connectivity index (χ1) is 35.1. The number of aliphatic hydroxyl groups excluding tert-OH is 2. The number of carbonyl (C=O) groups is 13. The predicted molar refractivity (Wildman–Crippen MR) is 270 cm³/mol. The molecule has 0 rings (SSSR count). The lowest BCUT2D eigenvalue weighted by atomic mass is 9.98. The van der Waals surface area contributed by atoms with Gasteiger partial charge in [-0.3, -0.25) is 57.5 Å². The average molecular weight is 1090 g/mol. The smallest absolute Gasteiger partial charge is 0.328 e. The van der Waals surface area contributed by atoms with Crippen molar-refractivity contribution in [1.29, 1.82) is 0 Å². The molecule has 76 heavy (non-hydrogen) atoms. The van der Waals surface area contributed by atoms with Crippen molar-refractivity contribution in [3.05, 3.63) is 0 Å². The molecule has 0 aromatic rings. The molecule has 0 unspecified atom stereocenters. The van der Waals surface area contributed by atoms with Crippen molar-refractivity contribution in [2.24, 2.45) is 40.9 Å². The van der Waals surface area contributed by atoms with Gasteiger partial charge in [0.1, 0.15) is 48.3 Å². The van der Waals surface area contributed by atoms with E-state index in [0.29, 0.717) is 0 Å². The van der Waals surface area contributed by atoms with E-state index in [1.807, 2.05) is 5.32 Å². The van der Waals surface area contributed by atoms with Gasteiger partial charge in [0.15, 0.2) is 6.04 Å². The Morgan fingerprint density at radius 1 is 0.395 bits per heavy atom. The SMILES string of the molecule is CC(C)C[C@H](NC(=O)[C@H](CCC(N)=O)NC(=O)[C@H](CC(C)C)NC(=O)[C@H](CC(C)C)NC(=O)[C@@H](NC(=O)[C@@H](NC(=O)CN)[C@@H](C)O)C(C)C)C(=O)N[C@@H](CCC(=O)O)C(=O)N[C@@H](CC(N)=O)C(=O)N[C@H](C(=O)O)[C@@H](C)O. The van der Waals surface area contributed by atoms with Crippen LogP contribution in [0, 0.1) is 23.7 Å². The highest BCUT2D eigenvalue weighted by atomic mass is 16.4. The second-order valence-corrected chi connectivity index (χ2v) is 20.1. The lowest BCUT2D eigenvalue weighted by Gasteiger charge is -2.30. The van der Waals surface area contributed by atoms with Gasteiger partial charge in [-0.1, -0.05) is 55.4 Å². The van der Waals surface area contributed by atoms with E-state index in [9.17, 15) is 82.8 Å². The van der Waals surface area contributed by atoms with Gasteiger partial charge in [0.25, 0.3) is 0 Å². The Morgan fingerprint density at radius 2 is 0.724 bits per heavy atom. The van der Waals surface area contributed by atoms with Gasteiger partial charge in [-0.25, -0.2) is 4.79 Å². The maximum Gasteiger partial charge on any atom is 0.328 e. The number of nitrogens with one attached hydrogen (secondary N) is 9. The van der Waals surface area contributed by atoms with Crippen LogP contribution < -0.4 is 65.1 Å². The first kappa shape index (κ1) is 69.0. The third kappa shape index (κ3) is 26.5. The summed E-state index contributed by atoms with van der Waals surface area (Å²) in [6.45, 7) is 15.3. The Hall–Kier alpha value is -7.01. The second-order valence-electron chi connectivity index (χ2n) is 20.1. The number of carboxylic acids is 2. The van der Waals surface area contributed by atoms with E-state index in [1.165, 1.54) is 6.92 Å². The second kappa shape index (κ2) is 33.8. The molecule has 0 saturated heterocycles. The van der Waals surface area contributed by atoms with E-state index in [0.717, 1.165) is 6.92 Å². The maximum absolute atomic E-state index is 14.2. The van der Waals surface area contributed by atoms with Gasteiger partial charge >= 0.3 is 11.9 Å². The number of amides is 11. The van der Waals surface area contributed by atoms with Crippen LogP contribution in [-0.4, -0.2) is 170 Å². The van der Waals surface area contributed by atoms with Gasteiger partial charge in [0.2, 0.25) is 65.0 Å². The normalized spacial score (nSPS) is 15.6. The van der Waals surface area contributed by atoms with Crippen LogP contribution in [0.3, 0.4) is 0 Å². The van der Waals surface area contributed by atoms with Crippen LogP contribution in [0.25, 0.3) is 0 Å². The van der Waals surface area contributed by atoms with Crippen molar-refractivity contribution >= 4 is 76.9 Å². The molecule has 0 fully saturated rings. The lowest BCUT2D eigenvalue weighted by Crippen LogP contribution is -2.62. The van der Waals surface area contributed by atoms with E-state index in [1.54, 1.807) is 55.4 Å². The standard InChI is InChI=1S/C47H82N12O17/c1-20(2)15-28(41(69)52-27(12-14-35(65)66)40(68)55-31(18-33(50)63)44(72)59-38(25(10)61)47(75)76)53-39(67)26(11-13-32(49)62)51-42(70)29(16-21(3)4)54-43(71)30(17-22(5)6)56-45(73)36(23(7)8)58-46(74)37(24(9)60)57-34(64)19-48/h20-31,36-38,60-61H,11-19,48H2,1-10H3,(H2,49,62)(H2,50,63)(H,51,70)(H,52,69)(H,53,67)(H,54,71)(H,55,68)(H,56,73)(H,57,64)(H,58,74)(H,59,72)(H,65,66)(H,75,76)/t24-,25-,26+,27+,28+,29+,30+,31+,36+,37+,38+/m1/s1. The molecule has 0 radical (unpaired) electrons. The third-order valence-electron chi connectivity index (χ3n) is 11.2.